The molecule has 0 bridgehead atoms. The lowest BCUT2D eigenvalue weighted by Gasteiger charge is -2.29. The first kappa shape index (κ1) is 12.9. The fourth-order valence-corrected chi connectivity index (χ4v) is 1.70. The molecule has 1 N–H and O–H groups in total. The molecule has 90 valence electrons. The summed E-state index contributed by atoms with van der Waals surface area (Å²) < 4.78 is 11.2. The Morgan fingerprint density at radius 2 is 2.00 bits per heavy atom. The van der Waals surface area contributed by atoms with E-state index in [2.05, 4.69) is 26.1 Å². The molecule has 0 aromatic rings. The molecule has 0 aromatic carbocycles. The molecule has 0 amide bonds. The number of rotatable bonds is 6. The van der Waals surface area contributed by atoms with Crippen molar-refractivity contribution in [3.05, 3.63) is 0 Å². The Hall–Kier alpha value is -0.120. The predicted octanol–water partition coefficient (Wildman–Crippen LogP) is 1.82. The van der Waals surface area contributed by atoms with E-state index in [1.54, 1.807) is 0 Å². The SMILES string of the molecule is CCNCC(C)(C)COC1CCOCC1. The maximum Gasteiger partial charge on any atom is 0.0619 e. The van der Waals surface area contributed by atoms with Gasteiger partial charge in [-0.25, -0.2) is 0 Å². The van der Waals surface area contributed by atoms with Gasteiger partial charge in [-0.1, -0.05) is 20.8 Å². The molecule has 15 heavy (non-hydrogen) atoms. The smallest absolute Gasteiger partial charge is 0.0619 e. The van der Waals surface area contributed by atoms with Gasteiger partial charge in [-0.2, -0.15) is 0 Å². The number of ether oxygens (including phenoxy) is 2. The Morgan fingerprint density at radius 3 is 2.60 bits per heavy atom. The standard InChI is InChI=1S/C12H25NO2/c1-4-13-9-12(2,3)10-15-11-5-7-14-8-6-11/h11,13H,4-10H2,1-3H3. The van der Waals surface area contributed by atoms with Gasteiger partial charge in [0.15, 0.2) is 0 Å². The molecule has 1 heterocycles. The number of hydrogen-bond acceptors (Lipinski definition) is 3. The van der Waals surface area contributed by atoms with Gasteiger partial charge in [-0.3, -0.25) is 0 Å². The lowest BCUT2D eigenvalue weighted by molar-refractivity contribution is -0.0553. The largest absolute Gasteiger partial charge is 0.381 e. The molecule has 1 fully saturated rings. The van der Waals surface area contributed by atoms with Gasteiger partial charge in [0.2, 0.25) is 0 Å². The second kappa shape index (κ2) is 6.46. The summed E-state index contributed by atoms with van der Waals surface area (Å²) in [6, 6.07) is 0. The molecule has 0 saturated carbocycles. The summed E-state index contributed by atoms with van der Waals surface area (Å²) >= 11 is 0. The zero-order valence-electron chi connectivity index (χ0n) is 10.3. The Bertz CT molecular complexity index is 165. The molecule has 1 saturated heterocycles. The zero-order valence-corrected chi connectivity index (χ0v) is 10.3. The van der Waals surface area contributed by atoms with E-state index in [1.165, 1.54) is 0 Å². The third-order valence-corrected chi connectivity index (χ3v) is 2.73. The minimum atomic E-state index is 0.230. The Labute approximate surface area is 93.5 Å². The summed E-state index contributed by atoms with van der Waals surface area (Å²) in [7, 11) is 0. The molecule has 0 atom stereocenters. The monoisotopic (exact) mass is 215 g/mol. The highest BCUT2D eigenvalue weighted by Gasteiger charge is 2.21. The average molecular weight is 215 g/mol. The number of nitrogens with one attached hydrogen (secondary N) is 1. The van der Waals surface area contributed by atoms with Gasteiger partial charge in [0.25, 0.3) is 0 Å². The Kier molecular flexibility index (Phi) is 5.58. The molecule has 0 aromatic heterocycles. The molecular weight excluding hydrogens is 190 g/mol. The van der Waals surface area contributed by atoms with Crippen LogP contribution in [0.1, 0.15) is 33.6 Å². The van der Waals surface area contributed by atoms with Crippen molar-refractivity contribution in [2.45, 2.75) is 39.7 Å². The van der Waals surface area contributed by atoms with E-state index in [9.17, 15) is 0 Å². The van der Waals surface area contributed by atoms with Gasteiger partial charge >= 0.3 is 0 Å². The molecule has 3 heteroatoms. The van der Waals surface area contributed by atoms with Crippen LogP contribution in [0.3, 0.4) is 0 Å². The van der Waals surface area contributed by atoms with Crippen molar-refractivity contribution in [3.8, 4) is 0 Å². The van der Waals surface area contributed by atoms with Gasteiger partial charge < -0.3 is 14.8 Å². The third kappa shape index (κ3) is 5.50. The first-order valence-electron chi connectivity index (χ1n) is 6.04. The fraction of sp³-hybridized carbons (Fsp3) is 1.00. The summed E-state index contributed by atoms with van der Waals surface area (Å²) in [4.78, 5) is 0. The average Bonchev–Trinajstić information content (AvgIpc) is 2.25. The summed E-state index contributed by atoms with van der Waals surface area (Å²) in [5, 5.41) is 3.37. The lowest BCUT2D eigenvalue weighted by Crippen LogP contribution is -2.35. The van der Waals surface area contributed by atoms with Crippen LogP contribution in [0, 0.1) is 5.41 Å². The van der Waals surface area contributed by atoms with Crippen LogP contribution in [0.4, 0.5) is 0 Å². The maximum atomic E-state index is 5.92. The second-order valence-corrected chi connectivity index (χ2v) is 5.07. The molecular formula is C12H25NO2. The topological polar surface area (TPSA) is 30.5 Å². The first-order chi connectivity index (χ1) is 7.14. The van der Waals surface area contributed by atoms with Crippen molar-refractivity contribution >= 4 is 0 Å². The molecule has 1 rings (SSSR count). The molecule has 1 aliphatic rings. The minimum absolute atomic E-state index is 0.230. The van der Waals surface area contributed by atoms with E-state index in [1.807, 2.05) is 0 Å². The van der Waals surface area contributed by atoms with Crippen LogP contribution in [-0.2, 0) is 9.47 Å². The number of hydrogen-bond donors (Lipinski definition) is 1. The molecule has 0 aliphatic carbocycles. The van der Waals surface area contributed by atoms with E-state index >= 15 is 0 Å². The van der Waals surface area contributed by atoms with Crippen LogP contribution in [-0.4, -0.2) is 39.0 Å². The van der Waals surface area contributed by atoms with E-state index in [4.69, 9.17) is 9.47 Å². The summed E-state index contributed by atoms with van der Waals surface area (Å²) in [5.41, 5.74) is 0.230. The minimum Gasteiger partial charge on any atom is -0.381 e. The van der Waals surface area contributed by atoms with Gasteiger partial charge in [0.05, 0.1) is 12.7 Å². The highest BCUT2D eigenvalue weighted by atomic mass is 16.5. The highest BCUT2D eigenvalue weighted by Crippen LogP contribution is 2.18. The fourth-order valence-electron chi connectivity index (χ4n) is 1.70. The second-order valence-electron chi connectivity index (χ2n) is 5.07. The van der Waals surface area contributed by atoms with Gasteiger partial charge in [-0.05, 0) is 19.4 Å². The van der Waals surface area contributed by atoms with Crippen molar-refractivity contribution < 1.29 is 9.47 Å². The van der Waals surface area contributed by atoms with Crippen LogP contribution >= 0.6 is 0 Å². The molecule has 0 radical (unpaired) electrons. The van der Waals surface area contributed by atoms with E-state index < -0.39 is 0 Å². The Morgan fingerprint density at radius 1 is 1.33 bits per heavy atom. The maximum absolute atomic E-state index is 5.92. The van der Waals surface area contributed by atoms with Gasteiger partial charge in [0, 0.05) is 25.2 Å². The van der Waals surface area contributed by atoms with Crippen LogP contribution in [0.2, 0.25) is 0 Å². The van der Waals surface area contributed by atoms with Crippen molar-refractivity contribution in [2.75, 3.05) is 32.9 Å². The summed E-state index contributed by atoms with van der Waals surface area (Å²) in [5.74, 6) is 0. The van der Waals surface area contributed by atoms with E-state index in [0.29, 0.717) is 6.10 Å². The van der Waals surface area contributed by atoms with Crippen molar-refractivity contribution in [2.24, 2.45) is 5.41 Å². The molecule has 1 aliphatic heterocycles. The highest BCUT2D eigenvalue weighted by molar-refractivity contribution is 4.72. The zero-order chi connectivity index (χ0) is 11.1. The van der Waals surface area contributed by atoms with Crippen molar-refractivity contribution in [1.29, 1.82) is 0 Å². The Balaban J connectivity index is 2.15. The first-order valence-corrected chi connectivity index (χ1v) is 6.04. The third-order valence-electron chi connectivity index (χ3n) is 2.73. The van der Waals surface area contributed by atoms with Crippen LogP contribution in [0.5, 0.6) is 0 Å². The van der Waals surface area contributed by atoms with Crippen molar-refractivity contribution in [1.82, 2.24) is 5.32 Å². The quantitative estimate of drug-likeness (QED) is 0.733. The summed E-state index contributed by atoms with van der Waals surface area (Å²) in [6.45, 7) is 11.2. The molecule has 0 unspecified atom stereocenters. The molecule has 0 spiro atoms. The molecule has 3 nitrogen and oxygen atoms in total. The van der Waals surface area contributed by atoms with E-state index in [-0.39, 0.29) is 5.41 Å². The predicted molar refractivity (Wildman–Crippen MR) is 62.1 cm³/mol. The van der Waals surface area contributed by atoms with Crippen LogP contribution in [0.25, 0.3) is 0 Å². The van der Waals surface area contributed by atoms with E-state index in [0.717, 1.165) is 45.8 Å². The van der Waals surface area contributed by atoms with Crippen LogP contribution in [0.15, 0.2) is 0 Å². The lowest BCUT2D eigenvalue weighted by atomic mass is 9.94. The van der Waals surface area contributed by atoms with Gasteiger partial charge in [0.1, 0.15) is 0 Å². The van der Waals surface area contributed by atoms with Crippen molar-refractivity contribution in [3.63, 3.8) is 0 Å². The van der Waals surface area contributed by atoms with Gasteiger partial charge in [-0.15, -0.1) is 0 Å². The van der Waals surface area contributed by atoms with Crippen LogP contribution < -0.4 is 5.32 Å². The summed E-state index contributed by atoms with van der Waals surface area (Å²) in [6.07, 6.45) is 2.52. The normalized spacial score (nSPS) is 19.4.